The van der Waals surface area contributed by atoms with E-state index in [1.54, 1.807) is 42.7 Å². The third-order valence-electron chi connectivity index (χ3n) is 7.05. The van der Waals surface area contributed by atoms with Crippen molar-refractivity contribution < 1.29 is 23.4 Å². The van der Waals surface area contributed by atoms with Crippen LogP contribution in [-0.2, 0) is 19.7 Å². The second-order valence-electron chi connectivity index (χ2n) is 9.71. The fourth-order valence-electron chi connectivity index (χ4n) is 4.83. The summed E-state index contributed by atoms with van der Waals surface area (Å²) in [5.41, 5.74) is 2.17. The highest BCUT2D eigenvalue weighted by Gasteiger charge is 2.23. The van der Waals surface area contributed by atoms with E-state index in [1.807, 2.05) is 10.6 Å². The first-order chi connectivity index (χ1) is 20.5. The van der Waals surface area contributed by atoms with Gasteiger partial charge in [0.15, 0.2) is 0 Å². The molecule has 1 fully saturated rings. The van der Waals surface area contributed by atoms with Gasteiger partial charge in [-0.25, -0.2) is 24.1 Å². The van der Waals surface area contributed by atoms with E-state index in [0.29, 0.717) is 73.6 Å². The normalized spacial score (nSPS) is 13.8. The number of carboxylic acid groups (broad SMARTS) is 1. The number of nitrogens with zero attached hydrogens (tertiary/aromatic N) is 8. The van der Waals surface area contributed by atoms with Crippen molar-refractivity contribution in [1.82, 2.24) is 29.4 Å². The van der Waals surface area contributed by atoms with E-state index in [-0.39, 0.29) is 17.7 Å². The van der Waals surface area contributed by atoms with Gasteiger partial charge in [0.1, 0.15) is 31.1 Å². The van der Waals surface area contributed by atoms with Gasteiger partial charge in [0.25, 0.3) is 0 Å². The van der Waals surface area contributed by atoms with Crippen molar-refractivity contribution in [2.75, 3.05) is 31.1 Å². The lowest BCUT2D eigenvalue weighted by Crippen LogP contribution is -2.46. The largest absolute Gasteiger partial charge is 0.478 e. The standard InChI is InChI=1S/C29H25FN8O4/c30-22-13-19(15-31)1-2-21(22)18-42-26-5-6-33-29(35-26)37-10-8-36(9-11-37)16-25-34-23-4-3-20(28(39)40)14-24(23)38(25)17-27-32-7-12-41-27/h1-7,12-14H,8-11,16-18H2,(H,39,40). The van der Waals surface area contributed by atoms with Crippen LogP contribution in [0.25, 0.3) is 11.0 Å². The van der Waals surface area contributed by atoms with Gasteiger partial charge >= 0.3 is 5.97 Å². The number of piperazine rings is 1. The Balaban J connectivity index is 1.12. The number of fused-ring (bicyclic) bond motifs is 1. The molecule has 0 radical (unpaired) electrons. The lowest BCUT2D eigenvalue weighted by molar-refractivity contribution is 0.0697. The highest BCUT2D eigenvalue weighted by atomic mass is 19.1. The van der Waals surface area contributed by atoms with E-state index in [1.165, 1.54) is 18.4 Å². The fraction of sp³-hybridized carbons (Fsp3) is 0.241. The first-order valence-electron chi connectivity index (χ1n) is 13.2. The maximum absolute atomic E-state index is 14.2. The van der Waals surface area contributed by atoms with E-state index in [2.05, 4.69) is 24.8 Å². The van der Waals surface area contributed by atoms with Gasteiger partial charge in [0.05, 0.1) is 41.0 Å². The molecule has 5 aromatic rings. The Labute approximate surface area is 239 Å². The summed E-state index contributed by atoms with van der Waals surface area (Å²) in [6, 6.07) is 12.7. The second kappa shape index (κ2) is 11.6. The van der Waals surface area contributed by atoms with Crippen LogP contribution in [0.5, 0.6) is 5.88 Å². The second-order valence-corrected chi connectivity index (χ2v) is 9.71. The third kappa shape index (κ3) is 5.74. The number of carboxylic acids is 1. The van der Waals surface area contributed by atoms with Gasteiger partial charge in [0, 0.05) is 44.0 Å². The van der Waals surface area contributed by atoms with Crippen molar-refractivity contribution in [2.45, 2.75) is 19.7 Å². The van der Waals surface area contributed by atoms with Gasteiger partial charge in [-0.15, -0.1) is 0 Å². The number of ether oxygens (including phenoxy) is 1. The fourth-order valence-corrected chi connectivity index (χ4v) is 4.83. The Kier molecular flexibility index (Phi) is 7.44. The topological polar surface area (TPSA) is 146 Å². The zero-order valence-electron chi connectivity index (χ0n) is 22.4. The van der Waals surface area contributed by atoms with Crippen molar-refractivity contribution >= 4 is 23.0 Å². The van der Waals surface area contributed by atoms with Gasteiger partial charge in [0.2, 0.25) is 17.7 Å². The minimum Gasteiger partial charge on any atom is -0.478 e. The highest BCUT2D eigenvalue weighted by Crippen LogP contribution is 2.23. The van der Waals surface area contributed by atoms with Crippen LogP contribution in [0.15, 0.2) is 65.5 Å². The number of aromatic nitrogens is 5. The van der Waals surface area contributed by atoms with Gasteiger partial charge in [-0.1, -0.05) is 6.07 Å². The molecule has 42 heavy (non-hydrogen) atoms. The van der Waals surface area contributed by atoms with Crippen molar-refractivity contribution in [1.29, 1.82) is 5.26 Å². The summed E-state index contributed by atoms with van der Waals surface area (Å²) < 4.78 is 27.3. The van der Waals surface area contributed by atoms with E-state index >= 15 is 0 Å². The maximum Gasteiger partial charge on any atom is 0.335 e. The monoisotopic (exact) mass is 568 g/mol. The molecule has 0 amide bonds. The Morgan fingerprint density at radius 3 is 2.64 bits per heavy atom. The predicted molar refractivity (Wildman–Crippen MR) is 147 cm³/mol. The Hall–Kier alpha value is -5.35. The Bertz CT molecular complexity index is 1770. The minimum absolute atomic E-state index is 0.0236. The average molecular weight is 569 g/mol. The number of hydrogen-bond acceptors (Lipinski definition) is 10. The number of imidazole rings is 1. The third-order valence-corrected chi connectivity index (χ3v) is 7.05. The summed E-state index contributed by atoms with van der Waals surface area (Å²) >= 11 is 0. The van der Waals surface area contributed by atoms with Crippen molar-refractivity contribution in [2.24, 2.45) is 0 Å². The summed E-state index contributed by atoms with van der Waals surface area (Å²) in [4.78, 5) is 33.8. The van der Waals surface area contributed by atoms with Crippen LogP contribution in [0.4, 0.5) is 10.3 Å². The average Bonchev–Trinajstić information content (AvgIpc) is 3.65. The first kappa shape index (κ1) is 26.9. The number of rotatable bonds is 9. The van der Waals surface area contributed by atoms with Crippen molar-refractivity contribution in [3.05, 3.63) is 95.3 Å². The van der Waals surface area contributed by atoms with Gasteiger partial charge in [-0.3, -0.25) is 4.90 Å². The molecule has 4 heterocycles. The van der Waals surface area contributed by atoms with Crippen LogP contribution >= 0.6 is 0 Å². The van der Waals surface area contributed by atoms with Crippen molar-refractivity contribution in [3.8, 4) is 11.9 Å². The summed E-state index contributed by atoms with van der Waals surface area (Å²) in [6.45, 7) is 3.61. The van der Waals surface area contributed by atoms with Crippen LogP contribution in [0.3, 0.4) is 0 Å². The molecule has 0 atom stereocenters. The molecular weight excluding hydrogens is 543 g/mol. The molecule has 1 aliphatic heterocycles. The highest BCUT2D eigenvalue weighted by molar-refractivity contribution is 5.92. The molecule has 0 unspecified atom stereocenters. The first-order valence-corrected chi connectivity index (χ1v) is 13.2. The quantitative estimate of drug-likeness (QED) is 0.279. The molecule has 0 spiro atoms. The molecule has 0 aliphatic carbocycles. The zero-order chi connectivity index (χ0) is 29.1. The molecule has 13 heteroatoms. The number of oxazole rings is 1. The molecule has 2 aromatic carbocycles. The Morgan fingerprint density at radius 1 is 1.05 bits per heavy atom. The molecule has 1 N–H and O–H groups in total. The van der Waals surface area contributed by atoms with E-state index in [0.717, 1.165) is 5.82 Å². The maximum atomic E-state index is 14.2. The molecule has 6 rings (SSSR count). The lowest BCUT2D eigenvalue weighted by Gasteiger charge is -2.34. The Morgan fingerprint density at radius 2 is 1.90 bits per heavy atom. The van der Waals surface area contributed by atoms with Crippen LogP contribution in [-0.4, -0.2) is 66.7 Å². The smallest absolute Gasteiger partial charge is 0.335 e. The molecule has 1 aliphatic rings. The molecule has 1 saturated heterocycles. The number of halogens is 1. The predicted octanol–water partition coefficient (Wildman–Crippen LogP) is 3.47. The minimum atomic E-state index is -1.00. The number of benzene rings is 2. The zero-order valence-corrected chi connectivity index (χ0v) is 22.4. The van der Waals surface area contributed by atoms with Gasteiger partial charge in [-0.05, 0) is 30.3 Å². The van der Waals surface area contributed by atoms with Crippen LogP contribution in [0.2, 0.25) is 0 Å². The van der Waals surface area contributed by atoms with Gasteiger partial charge in [-0.2, -0.15) is 10.2 Å². The number of carbonyl (C=O) groups is 1. The number of aromatic carboxylic acids is 1. The molecule has 12 nitrogen and oxygen atoms in total. The molecule has 3 aromatic heterocycles. The molecule has 212 valence electrons. The van der Waals surface area contributed by atoms with E-state index in [4.69, 9.17) is 19.4 Å². The molecule has 0 saturated carbocycles. The van der Waals surface area contributed by atoms with E-state index in [9.17, 15) is 14.3 Å². The molecule has 0 bridgehead atoms. The van der Waals surface area contributed by atoms with Crippen molar-refractivity contribution in [3.63, 3.8) is 0 Å². The van der Waals surface area contributed by atoms with E-state index < -0.39 is 11.8 Å². The number of anilines is 1. The molecular formula is C29H25FN8O4. The van der Waals surface area contributed by atoms with Crippen LogP contribution in [0, 0.1) is 17.1 Å². The number of nitriles is 1. The summed E-state index contributed by atoms with van der Waals surface area (Å²) in [5, 5.41) is 18.4. The van der Waals surface area contributed by atoms with Gasteiger partial charge < -0.3 is 23.7 Å². The summed E-state index contributed by atoms with van der Waals surface area (Å²) in [7, 11) is 0. The summed E-state index contributed by atoms with van der Waals surface area (Å²) in [5.74, 6) is 0.618. The SMILES string of the molecule is N#Cc1ccc(COc2ccnc(N3CCN(Cc4nc5ccc(C(=O)O)cc5n4Cc4ncco4)CC3)n2)c(F)c1. The summed E-state index contributed by atoms with van der Waals surface area (Å²) in [6.07, 6.45) is 4.68. The van der Waals surface area contributed by atoms with Crippen LogP contribution in [0.1, 0.15) is 33.2 Å². The number of hydrogen-bond donors (Lipinski definition) is 1. The lowest BCUT2D eigenvalue weighted by atomic mass is 10.1. The van der Waals surface area contributed by atoms with Crippen LogP contribution < -0.4 is 9.64 Å².